The van der Waals surface area contributed by atoms with Gasteiger partial charge in [0.15, 0.2) is 0 Å². The molecule has 1 aromatic carbocycles. The first-order valence-electron chi connectivity index (χ1n) is 6.54. The van der Waals surface area contributed by atoms with Gasteiger partial charge in [-0.3, -0.25) is 4.90 Å². The Morgan fingerprint density at radius 2 is 1.95 bits per heavy atom. The Morgan fingerprint density at radius 3 is 2.55 bits per heavy atom. The van der Waals surface area contributed by atoms with E-state index >= 15 is 0 Å². The van der Waals surface area contributed by atoms with Crippen LogP contribution < -0.4 is 4.90 Å². The maximum atomic E-state index is 12.2. The molecule has 5 nitrogen and oxygen atoms in total. The van der Waals surface area contributed by atoms with Crippen LogP contribution in [0.2, 0.25) is 0 Å². The number of nitrogens with zero attached hydrogens (tertiary/aromatic N) is 1. The van der Waals surface area contributed by atoms with E-state index in [9.17, 15) is 9.59 Å². The van der Waals surface area contributed by atoms with Gasteiger partial charge in [-0.25, -0.2) is 9.59 Å². The Kier molecular flexibility index (Phi) is 3.70. The quantitative estimate of drug-likeness (QED) is 0.741. The highest BCUT2D eigenvalue weighted by atomic mass is 16.6. The molecule has 0 saturated heterocycles. The van der Waals surface area contributed by atoms with Crippen molar-refractivity contribution in [3.05, 3.63) is 29.3 Å². The summed E-state index contributed by atoms with van der Waals surface area (Å²) in [5.74, 6) is -0.447. The standard InChI is InChI=1S/C15H19NO4/c1-15(2,3)20-14(18)16-9-8-10-6-5-7-11(12(10)16)13(17)19-4/h5-7H,8-9H2,1-4H3. The van der Waals surface area contributed by atoms with Gasteiger partial charge in [0.2, 0.25) is 0 Å². The van der Waals surface area contributed by atoms with E-state index in [-0.39, 0.29) is 0 Å². The number of benzene rings is 1. The van der Waals surface area contributed by atoms with Crippen LogP contribution in [-0.2, 0) is 15.9 Å². The lowest BCUT2D eigenvalue weighted by Gasteiger charge is -2.25. The molecule has 0 bridgehead atoms. The zero-order valence-electron chi connectivity index (χ0n) is 12.2. The lowest BCUT2D eigenvalue weighted by molar-refractivity contribution is 0.0582. The van der Waals surface area contributed by atoms with Crippen LogP contribution in [0.4, 0.5) is 10.5 Å². The second kappa shape index (κ2) is 5.15. The highest BCUT2D eigenvalue weighted by Gasteiger charge is 2.32. The molecule has 0 fully saturated rings. The molecule has 0 spiro atoms. The van der Waals surface area contributed by atoms with Crippen LogP contribution >= 0.6 is 0 Å². The van der Waals surface area contributed by atoms with Crippen molar-refractivity contribution in [2.24, 2.45) is 0 Å². The van der Waals surface area contributed by atoms with Crippen molar-refractivity contribution in [1.82, 2.24) is 0 Å². The van der Waals surface area contributed by atoms with Crippen molar-refractivity contribution in [1.29, 1.82) is 0 Å². The van der Waals surface area contributed by atoms with Gasteiger partial charge < -0.3 is 9.47 Å². The SMILES string of the molecule is COC(=O)c1cccc2c1N(C(=O)OC(C)(C)C)CC2. The third-order valence-corrected chi connectivity index (χ3v) is 3.01. The molecule has 1 amide bonds. The van der Waals surface area contributed by atoms with E-state index in [0.29, 0.717) is 24.2 Å². The van der Waals surface area contributed by atoms with Gasteiger partial charge in [-0.1, -0.05) is 12.1 Å². The molecule has 0 aliphatic carbocycles. The number of hydrogen-bond donors (Lipinski definition) is 0. The molecule has 1 heterocycles. The Hall–Kier alpha value is -2.04. The van der Waals surface area contributed by atoms with E-state index in [0.717, 1.165) is 5.56 Å². The molecular formula is C15H19NO4. The molecule has 1 aliphatic heterocycles. The number of anilines is 1. The van der Waals surface area contributed by atoms with Crippen molar-refractivity contribution >= 4 is 17.7 Å². The summed E-state index contributed by atoms with van der Waals surface area (Å²) in [5.41, 5.74) is 1.39. The highest BCUT2D eigenvalue weighted by Crippen LogP contribution is 2.33. The Labute approximate surface area is 118 Å². The molecular weight excluding hydrogens is 258 g/mol. The summed E-state index contributed by atoms with van der Waals surface area (Å²) >= 11 is 0. The van der Waals surface area contributed by atoms with Crippen molar-refractivity contribution in [2.75, 3.05) is 18.6 Å². The first-order valence-corrected chi connectivity index (χ1v) is 6.54. The van der Waals surface area contributed by atoms with E-state index in [4.69, 9.17) is 9.47 Å². The number of hydrogen-bond acceptors (Lipinski definition) is 4. The fourth-order valence-electron chi connectivity index (χ4n) is 2.23. The second-order valence-corrected chi connectivity index (χ2v) is 5.69. The molecule has 0 unspecified atom stereocenters. The minimum Gasteiger partial charge on any atom is -0.465 e. The van der Waals surface area contributed by atoms with Crippen molar-refractivity contribution in [2.45, 2.75) is 32.8 Å². The van der Waals surface area contributed by atoms with Crippen LogP contribution in [0.25, 0.3) is 0 Å². The molecule has 2 rings (SSSR count). The minimum absolute atomic E-state index is 0.397. The van der Waals surface area contributed by atoms with E-state index in [2.05, 4.69) is 0 Å². The molecule has 0 N–H and O–H groups in total. The van der Waals surface area contributed by atoms with Crippen molar-refractivity contribution in [3.8, 4) is 0 Å². The summed E-state index contributed by atoms with van der Waals surface area (Å²) in [6, 6.07) is 5.36. The molecule has 108 valence electrons. The summed E-state index contributed by atoms with van der Waals surface area (Å²) in [6.07, 6.45) is 0.270. The van der Waals surface area contributed by atoms with E-state index < -0.39 is 17.7 Å². The summed E-state index contributed by atoms with van der Waals surface area (Å²) in [5, 5.41) is 0. The van der Waals surface area contributed by atoms with E-state index in [1.54, 1.807) is 12.1 Å². The third-order valence-electron chi connectivity index (χ3n) is 3.01. The molecule has 1 aliphatic rings. The number of fused-ring (bicyclic) bond motifs is 1. The summed E-state index contributed by atoms with van der Waals surface area (Å²) in [7, 11) is 1.33. The fourth-order valence-corrected chi connectivity index (χ4v) is 2.23. The first-order chi connectivity index (χ1) is 9.33. The van der Waals surface area contributed by atoms with Crippen molar-refractivity contribution in [3.63, 3.8) is 0 Å². The summed E-state index contributed by atoms with van der Waals surface area (Å²) < 4.78 is 10.2. The van der Waals surface area contributed by atoms with Crippen LogP contribution in [0.1, 0.15) is 36.7 Å². The maximum Gasteiger partial charge on any atom is 0.414 e. The van der Waals surface area contributed by atoms with Gasteiger partial charge in [-0.15, -0.1) is 0 Å². The topological polar surface area (TPSA) is 55.8 Å². The molecule has 0 atom stereocenters. The number of methoxy groups -OCH3 is 1. The predicted octanol–water partition coefficient (Wildman–Crippen LogP) is 2.77. The number of esters is 1. The molecule has 0 saturated carbocycles. The van der Waals surface area contributed by atoms with Gasteiger partial charge in [0.25, 0.3) is 0 Å². The number of amides is 1. The average molecular weight is 277 g/mol. The maximum absolute atomic E-state index is 12.2. The zero-order chi connectivity index (χ0) is 14.9. The van der Waals surface area contributed by atoms with Crippen LogP contribution in [0.5, 0.6) is 0 Å². The molecule has 0 radical (unpaired) electrons. The Morgan fingerprint density at radius 1 is 1.25 bits per heavy atom. The predicted molar refractivity (Wildman–Crippen MR) is 75.1 cm³/mol. The van der Waals surface area contributed by atoms with Gasteiger partial charge in [0.1, 0.15) is 5.60 Å². The zero-order valence-corrected chi connectivity index (χ0v) is 12.2. The van der Waals surface area contributed by atoms with Gasteiger partial charge in [-0.05, 0) is 38.8 Å². The number of para-hydroxylation sites is 1. The van der Waals surface area contributed by atoms with Crippen LogP contribution in [0.15, 0.2) is 18.2 Å². The molecule has 1 aromatic rings. The van der Waals surface area contributed by atoms with Gasteiger partial charge >= 0.3 is 12.1 Å². The summed E-state index contributed by atoms with van der Waals surface area (Å²) in [4.78, 5) is 25.6. The average Bonchev–Trinajstić information content (AvgIpc) is 2.79. The normalized spacial score (nSPS) is 13.9. The smallest absolute Gasteiger partial charge is 0.414 e. The highest BCUT2D eigenvalue weighted by molar-refractivity contribution is 6.02. The summed E-state index contributed by atoms with van der Waals surface area (Å²) in [6.45, 7) is 5.95. The number of carbonyl (C=O) groups excluding carboxylic acids is 2. The molecule has 5 heteroatoms. The number of rotatable bonds is 1. The second-order valence-electron chi connectivity index (χ2n) is 5.69. The van der Waals surface area contributed by atoms with Gasteiger partial charge in [0, 0.05) is 6.54 Å². The van der Waals surface area contributed by atoms with Crippen LogP contribution in [0.3, 0.4) is 0 Å². The third kappa shape index (κ3) is 2.76. The van der Waals surface area contributed by atoms with Gasteiger partial charge in [0.05, 0.1) is 18.4 Å². The number of ether oxygens (including phenoxy) is 2. The van der Waals surface area contributed by atoms with Crippen LogP contribution in [-0.4, -0.2) is 31.3 Å². The van der Waals surface area contributed by atoms with Gasteiger partial charge in [-0.2, -0.15) is 0 Å². The Balaban J connectivity index is 2.36. The fraction of sp³-hybridized carbons (Fsp3) is 0.467. The first kappa shape index (κ1) is 14.4. The Bertz CT molecular complexity index is 545. The minimum atomic E-state index is -0.569. The van der Waals surface area contributed by atoms with Crippen molar-refractivity contribution < 1.29 is 19.1 Å². The van der Waals surface area contributed by atoms with Crippen LogP contribution in [0, 0.1) is 0 Å². The molecule has 20 heavy (non-hydrogen) atoms. The lowest BCUT2D eigenvalue weighted by Crippen LogP contribution is -2.36. The van der Waals surface area contributed by atoms with E-state index in [1.807, 2.05) is 26.8 Å². The molecule has 0 aromatic heterocycles. The van der Waals surface area contributed by atoms with E-state index in [1.165, 1.54) is 12.0 Å². The largest absolute Gasteiger partial charge is 0.465 e. The monoisotopic (exact) mass is 277 g/mol. The number of carbonyl (C=O) groups is 2. The lowest BCUT2D eigenvalue weighted by atomic mass is 10.1.